The van der Waals surface area contributed by atoms with E-state index in [-0.39, 0.29) is 35.4 Å². The molecule has 0 amide bonds. The minimum absolute atomic E-state index is 0.0196. The van der Waals surface area contributed by atoms with Crippen molar-refractivity contribution in [3.63, 3.8) is 0 Å². The second kappa shape index (κ2) is 15.4. The van der Waals surface area contributed by atoms with Crippen molar-refractivity contribution in [1.82, 2.24) is 38.5 Å². The number of aliphatic hydroxyl groups is 2. The van der Waals surface area contributed by atoms with Crippen molar-refractivity contribution in [3.8, 4) is 23.0 Å². The van der Waals surface area contributed by atoms with E-state index in [9.17, 15) is 34.5 Å². The third-order valence-corrected chi connectivity index (χ3v) is 17.5. The highest BCUT2D eigenvalue weighted by atomic mass is 16.6. The minimum Gasteiger partial charge on any atom is -0.504 e. The van der Waals surface area contributed by atoms with Gasteiger partial charge in [-0.1, -0.05) is 12.1 Å². The molecule has 2 spiro atoms. The summed E-state index contributed by atoms with van der Waals surface area (Å²) in [4.78, 5) is 66.1. The Labute approximate surface area is 396 Å². The molecule has 7 heterocycles. The van der Waals surface area contributed by atoms with E-state index in [4.69, 9.17) is 14.2 Å². The van der Waals surface area contributed by atoms with E-state index in [0.717, 1.165) is 73.1 Å². The molecule has 5 aromatic rings. The molecule has 18 nitrogen and oxygen atoms in total. The van der Waals surface area contributed by atoms with Crippen LogP contribution in [0.5, 0.6) is 23.0 Å². The van der Waals surface area contributed by atoms with Crippen molar-refractivity contribution in [3.05, 3.63) is 103 Å². The number of hydrogen-bond acceptors (Lipinski definition) is 15. The molecule has 3 N–H and O–H groups in total. The molecular formula is C51H54N8O10. The normalized spacial score (nSPS) is 32.8. The number of aromatic nitrogens is 6. The molecule has 8 atom stereocenters. The zero-order chi connectivity index (χ0) is 47.0. The molecule has 6 fully saturated rings. The van der Waals surface area contributed by atoms with Crippen LogP contribution in [-0.2, 0) is 33.3 Å². The van der Waals surface area contributed by atoms with Crippen LogP contribution in [0.3, 0.4) is 0 Å². The fourth-order valence-electron chi connectivity index (χ4n) is 14.0. The number of carbonyl (C=O) groups is 4. The van der Waals surface area contributed by atoms with Gasteiger partial charge in [0.1, 0.15) is 19.0 Å². The van der Waals surface area contributed by atoms with Crippen molar-refractivity contribution >= 4 is 23.7 Å². The maximum atomic E-state index is 13.1. The van der Waals surface area contributed by atoms with Crippen molar-refractivity contribution in [2.75, 3.05) is 26.2 Å². The van der Waals surface area contributed by atoms with Gasteiger partial charge < -0.3 is 29.5 Å². The lowest BCUT2D eigenvalue weighted by Gasteiger charge is -2.62. The first-order valence-corrected chi connectivity index (χ1v) is 24.5. The summed E-state index contributed by atoms with van der Waals surface area (Å²) in [5.41, 5.74) is 0.637. The van der Waals surface area contributed by atoms with Gasteiger partial charge in [0.2, 0.25) is 0 Å². The van der Waals surface area contributed by atoms with Gasteiger partial charge in [0.15, 0.2) is 46.8 Å². The van der Waals surface area contributed by atoms with E-state index in [0.29, 0.717) is 55.8 Å². The molecule has 10 aliphatic rings. The third kappa shape index (κ3) is 6.20. The number of hydrogen-bond donors (Lipinski definition) is 3. The first kappa shape index (κ1) is 42.9. The zero-order valence-corrected chi connectivity index (χ0v) is 38.1. The maximum absolute atomic E-state index is 13.1. The van der Waals surface area contributed by atoms with Gasteiger partial charge in [-0.2, -0.15) is 0 Å². The number of imidazole rings is 3. The van der Waals surface area contributed by atoms with Gasteiger partial charge in [0, 0.05) is 86.3 Å². The summed E-state index contributed by atoms with van der Waals surface area (Å²) in [5, 5.41) is 34.6. The molecule has 4 aliphatic heterocycles. The predicted molar refractivity (Wildman–Crippen MR) is 242 cm³/mol. The highest BCUT2D eigenvalue weighted by Crippen LogP contribution is 2.67. The molecule has 18 heteroatoms. The van der Waals surface area contributed by atoms with Crippen LogP contribution < -0.4 is 14.2 Å². The SMILES string of the molecule is O=C(n1ccnc1)n1ccnc1.O=C1CC[C@@]2(O)[C@H]3Cc4ccc(O)c5c4[C@@]2(CCN3CC2CC2)C1O5.O=C1CC[C@@]2(O)[C@H]3Cc4ccc(OC(=O)n5ccnc5)c5c4[C@@]2(CCN3CC2CC2)C1O5. The maximum Gasteiger partial charge on any atom is 0.424 e. The Kier molecular flexibility index (Phi) is 9.56. The molecule has 2 unspecified atom stereocenters. The zero-order valence-electron chi connectivity index (χ0n) is 38.1. The van der Waals surface area contributed by atoms with Crippen LogP contribution in [0.25, 0.3) is 0 Å². The number of carbonyl (C=O) groups excluding carboxylic acids is 4. The average molecular weight is 939 g/mol. The smallest absolute Gasteiger partial charge is 0.424 e. The highest BCUT2D eigenvalue weighted by Gasteiger charge is 2.75. The van der Waals surface area contributed by atoms with Gasteiger partial charge in [-0.05, 0) is 112 Å². The summed E-state index contributed by atoms with van der Waals surface area (Å²) in [6, 6.07) is 7.22. The number of piperidine rings is 2. The van der Waals surface area contributed by atoms with Crippen molar-refractivity contribution in [1.29, 1.82) is 0 Å². The first-order chi connectivity index (χ1) is 33.4. The summed E-state index contributed by atoms with van der Waals surface area (Å²) in [6.07, 6.45) is 21.3. The monoisotopic (exact) mass is 938 g/mol. The van der Waals surface area contributed by atoms with Gasteiger partial charge in [-0.3, -0.25) is 28.5 Å². The fourth-order valence-corrected chi connectivity index (χ4v) is 14.0. The number of aromatic hydroxyl groups is 1. The molecule has 358 valence electrons. The Morgan fingerprint density at radius 2 is 1.13 bits per heavy atom. The lowest BCUT2D eigenvalue weighted by atomic mass is 9.49. The fraction of sp³-hybridized carbons (Fsp3) is 0.510. The van der Waals surface area contributed by atoms with E-state index in [2.05, 4.69) is 24.8 Å². The Bertz CT molecular complexity index is 2860. The summed E-state index contributed by atoms with van der Waals surface area (Å²) in [7, 11) is 0. The number of phenolic OH excluding ortho intramolecular Hbond substituents is 1. The van der Waals surface area contributed by atoms with Gasteiger partial charge in [-0.25, -0.2) is 29.1 Å². The topological polar surface area (TPSA) is 217 Å². The lowest BCUT2D eigenvalue weighted by Crippen LogP contribution is -2.76. The van der Waals surface area contributed by atoms with Crippen LogP contribution in [0.1, 0.15) is 86.5 Å². The second-order valence-electron chi connectivity index (χ2n) is 21.0. The number of benzene rings is 2. The number of rotatable bonds is 5. The van der Waals surface area contributed by atoms with Gasteiger partial charge in [0.25, 0.3) is 0 Å². The molecule has 4 bridgehead atoms. The standard InChI is InChI=1S/C24H25N3O5.C20H23NO4.C7H6N4O/c28-16-5-6-24(30)18-11-15-3-4-17(31-22(29)27-10-8-25-13-27)20-19(15)23(24,21(16)32-20)7-9-26(18)12-14-1-2-14;22-13-4-3-12-9-15-20(24)6-5-14(23)18-19(20,16(12)17(13)25-18)7-8-21(15)10-11-1-2-11;12-7(10-3-1-8-5-10)11-4-2-9-6-11/h3-4,8,10,13-14,18,21,30H,1-2,5-7,9,11-12H2;3-4,11,15,18,22,24H,1-2,5-10H2;1-6H/t18-,21?,23+,24-;15-,18?,19+,20-;/m11./s1. The van der Waals surface area contributed by atoms with Crippen molar-refractivity contribution in [2.24, 2.45) is 11.8 Å². The Balaban J connectivity index is 0.000000112. The van der Waals surface area contributed by atoms with Crippen molar-refractivity contribution in [2.45, 2.75) is 123 Å². The molecule has 2 aromatic carbocycles. The molecule has 4 saturated carbocycles. The largest absolute Gasteiger partial charge is 0.504 e. The Morgan fingerprint density at radius 3 is 1.62 bits per heavy atom. The first-order valence-electron chi connectivity index (χ1n) is 24.5. The van der Waals surface area contributed by atoms with Crippen LogP contribution in [0, 0.1) is 11.8 Å². The molecule has 3 aromatic heterocycles. The molecule has 6 aliphatic carbocycles. The molecule has 69 heavy (non-hydrogen) atoms. The number of phenols is 1. The molecular weight excluding hydrogens is 885 g/mol. The Hall–Kier alpha value is -6.21. The third-order valence-electron chi connectivity index (χ3n) is 17.5. The average Bonchev–Trinajstić information content (AvgIpc) is 3.87. The number of ether oxygens (including phenoxy) is 3. The summed E-state index contributed by atoms with van der Waals surface area (Å²) < 4.78 is 22.0. The van der Waals surface area contributed by atoms with Crippen molar-refractivity contribution < 1.29 is 48.7 Å². The molecule has 0 radical (unpaired) electrons. The summed E-state index contributed by atoms with van der Waals surface area (Å²) in [6.45, 7) is 3.81. The lowest BCUT2D eigenvalue weighted by molar-refractivity contribution is -0.188. The predicted octanol–water partition coefficient (Wildman–Crippen LogP) is 4.18. The minimum atomic E-state index is -1.02. The van der Waals surface area contributed by atoms with E-state index < -0.39 is 40.3 Å². The van der Waals surface area contributed by atoms with Crippen LogP contribution in [0.4, 0.5) is 9.59 Å². The second-order valence-corrected chi connectivity index (χ2v) is 21.0. The van der Waals surface area contributed by atoms with E-state index in [1.165, 1.54) is 70.8 Å². The van der Waals surface area contributed by atoms with Crippen LogP contribution >= 0.6 is 0 Å². The number of ketones is 2. The molecule has 15 rings (SSSR count). The highest BCUT2D eigenvalue weighted by molar-refractivity contribution is 5.91. The van der Waals surface area contributed by atoms with Gasteiger partial charge in [0.05, 0.1) is 22.0 Å². The van der Waals surface area contributed by atoms with Crippen LogP contribution in [0.2, 0.25) is 0 Å². The summed E-state index contributed by atoms with van der Waals surface area (Å²) >= 11 is 0. The van der Waals surface area contributed by atoms with E-state index in [1.54, 1.807) is 36.9 Å². The van der Waals surface area contributed by atoms with E-state index in [1.807, 2.05) is 12.1 Å². The van der Waals surface area contributed by atoms with Crippen LogP contribution in [-0.4, -0.2) is 139 Å². The number of nitrogens with zero attached hydrogens (tertiary/aromatic N) is 8. The Morgan fingerprint density at radius 1 is 0.652 bits per heavy atom. The van der Waals surface area contributed by atoms with Gasteiger partial charge >= 0.3 is 12.1 Å². The quantitative estimate of drug-likeness (QED) is 0.225. The van der Waals surface area contributed by atoms with E-state index >= 15 is 0 Å². The number of likely N-dealkylation sites (tertiary alicyclic amines) is 2. The number of Topliss-reactive ketones (excluding diaryl/α,β-unsaturated/α-hetero) is 2. The molecule has 2 saturated heterocycles. The van der Waals surface area contributed by atoms with Crippen LogP contribution in [0.15, 0.2) is 80.4 Å². The summed E-state index contributed by atoms with van der Waals surface area (Å²) in [5.74, 6) is 2.89. The van der Waals surface area contributed by atoms with Gasteiger partial charge in [-0.15, -0.1) is 0 Å².